The van der Waals surface area contributed by atoms with E-state index in [9.17, 15) is 9.59 Å². The van der Waals surface area contributed by atoms with E-state index in [4.69, 9.17) is 0 Å². The van der Waals surface area contributed by atoms with Gasteiger partial charge in [0.05, 0.1) is 18.0 Å². The number of nitrogens with zero attached hydrogens (tertiary/aromatic N) is 2. The van der Waals surface area contributed by atoms with Gasteiger partial charge in [0.25, 0.3) is 5.56 Å². The van der Waals surface area contributed by atoms with Gasteiger partial charge in [-0.2, -0.15) is 0 Å². The third kappa shape index (κ3) is 3.86. The normalized spacial score (nSPS) is 12.5. The van der Waals surface area contributed by atoms with E-state index in [1.54, 1.807) is 0 Å². The van der Waals surface area contributed by atoms with Crippen LogP contribution in [0.3, 0.4) is 0 Å². The van der Waals surface area contributed by atoms with E-state index in [2.05, 4.69) is 15.3 Å². The van der Waals surface area contributed by atoms with Crippen molar-refractivity contribution in [3.8, 4) is 0 Å². The molecule has 0 fully saturated rings. The molecule has 6 nitrogen and oxygen atoms in total. The molecule has 0 aliphatic heterocycles. The van der Waals surface area contributed by atoms with Crippen LogP contribution in [0.25, 0.3) is 10.2 Å². The van der Waals surface area contributed by atoms with Crippen LogP contribution in [0.5, 0.6) is 0 Å². The Morgan fingerprint density at radius 1 is 1.25 bits per heavy atom. The van der Waals surface area contributed by atoms with Crippen LogP contribution < -0.4 is 10.9 Å². The highest BCUT2D eigenvalue weighted by molar-refractivity contribution is 7.18. The molecule has 0 spiro atoms. The number of carbonyl (C=O) groups is 1. The lowest BCUT2D eigenvalue weighted by Gasteiger charge is -2.23. The summed E-state index contributed by atoms with van der Waals surface area (Å²) >= 11 is 1.53. The van der Waals surface area contributed by atoms with Crippen molar-refractivity contribution in [2.45, 2.75) is 40.7 Å². The lowest BCUT2D eigenvalue weighted by atomic mass is 10.1. The van der Waals surface area contributed by atoms with Gasteiger partial charge in [-0.25, -0.2) is 4.98 Å². The van der Waals surface area contributed by atoms with E-state index in [1.807, 2.05) is 64.8 Å². The zero-order valence-electron chi connectivity index (χ0n) is 17.1. The third-order valence-electron chi connectivity index (χ3n) is 5.39. The molecule has 1 amide bonds. The quantitative estimate of drug-likeness (QED) is 0.684. The number of fused-ring (bicyclic) bond motifs is 1. The van der Waals surface area contributed by atoms with E-state index in [0.29, 0.717) is 11.2 Å². The zero-order chi connectivity index (χ0) is 20.6. The molecule has 3 aromatic rings. The SMILES string of the molecule is Cc1cccc(NC(=O)CN(C)C(C)c2nc3sc(C)c(C)c3c(=O)[nH]2)c1C. The largest absolute Gasteiger partial charge is 0.325 e. The molecule has 0 bridgehead atoms. The second kappa shape index (κ2) is 7.85. The smallest absolute Gasteiger partial charge is 0.259 e. The lowest BCUT2D eigenvalue weighted by Crippen LogP contribution is -2.33. The highest BCUT2D eigenvalue weighted by atomic mass is 32.1. The van der Waals surface area contributed by atoms with Crippen molar-refractivity contribution in [2.24, 2.45) is 0 Å². The number of anilines is 1. The first kappa shape index (κ1) is 20.2. The summed E-state index contributed by atoms with van der Waals surface area (Å²) in [6, 6.07) is 5.65. The van der Waals surface area contributed by atoms with Crippen LogP contribution in [0.1, 0.15) is 40.4 Å². The average molecular weight is 399 g/mol. The number of aromatic amines is 1. The minimum absolute atomic E-state index is 0.103. The second-order valence-electron chi connectivity index (χ2n) is 7.30. The Bertz CT molecular complexity index is 1100. The van der Waals surface area contributed by atoms with Gasteiger partial charge in [0.15, 0.2) is 0 Å². The summed E-state index contributed by atoms with van der Waals surface area (Å²) in [4.78, 5) is 36.3. The van der Waals surface area contributed by atoms with Crippen molar-refractivity contribution in [1.82, 2.24) is 14.9 Å². The molecule has 0 radical (unpaired) electrons. The van der Waals surface area contributed by atoms with Crippen LogP contribution in [0.15, 0.2) is 23.0 Å². The summed E-state index contributed by atoms with van der Waals surface area (Å²) in [5.74, 6) is 0.468. The maximum Gasteiger partial charge on any atom is 0.259 e. The summed E-state index contributed by atoms with van der Waals surface area (Å²) in [6.45, 7) is 10.1. The van der Waals surface area contributed by atoms with Gasteiger partial charge in [0.2, 0.25) is 5.91 Å². The topological polar surface area (TPSA) is 78.1 Å². The van der Waals surface area contributed by atoms with Gasteiger partial charge < -0.3 is 10.3 Å². The summed E-state index contributed by atoms with van der Waals surface area (Å²) in [5.41, 5.74) is 3.88. The average Bonchev–Trinajstić information content (AvgIpc) is 2.92. The molecule has 1 aromatic carbocycles. The maximum atomic E-state index is 12.5. The first-order chi connectivity index (χ1) is 13.2. The van der Waals surface area contributed by atoms with Crippen LogP contribution in [-0.4, -0.2) is 34.4 Å². The Hall–Kier alpha value is -2.51. The third-order valence-corrected chi connectivity index (χ3v) is 6.49. The standard InChI is InChI=1S/C21H26N4O2S/c1-11-8-7-9-16(12(11)2)22-17(26)10-25(6)14(4)19-23-20(27)18-13(3)15(5)28-21(18)24-19/h7-9,14H,10H2,1-6H3,(H,22,26)(H,23,24,27). The van der Waals surface area contributed by atoms with Crippen LogP contribution in [0.2, 0.25) is 0 Å². The summed E-state index contributed by atoms with van der Waals surface area (Å²) in [6.07, 6.45) is 0. The number of aromatic nitrogens is 2. The predicted octanol–water partition coefficient (Wildman–Crippen LogP) is 3.85. The second-order valence-corrected chi connectivity index (χ2v) is 8.50. The van der Waals surface area contributed by atoms with Crippen LogP contribution in [0.4, 0.5) is 5.69 Å². The van der Waals surface area contributed by atoms with Crippen molar-refractivity contribution in [1.29, 1.82) is 0 Å². The summed E-state index contributed by atoms with van der Waals surface area (Å²) < 4.78 is 0. The molecule has 1 unspecified atom stereocenters. The number of carbonyl (C=O) groups excluding carboxylic acids is 1. The molecular formula is C21H26N4O2S. The van der Waals surface area contributed by atoms with E-state index in [1.165, 1.54) is 11.3 Å². The molecule has 7 heteroatoms. The monoisotopic (exact) mass is 398 g/mol. The fourth-order valence-electron chi connectivity index (χ4n) is 3.12. The number of hydrogen-bond donors (Lipinski definition) is 2. The number of thiophene rings is 1. The van der Waals surface area contributed by atoms with Gasteiger partial charge in [-0.1, -0.05) is 12.1 Å². The van der Waals surface area contributed by atoms with Crippen molar-refractivity contribution in [2.75, 3.05) is 18.9 Å². The number of likely N-dealkylation sites (N-methyl/N-ethyl adjacent to an activating group) is 1. The summed E-state index contributed by atoms with van der Waals surface area (Å²) in [5, 5.41) is 3.63. The molecule has 0 aliphatic rings. The number of amides is 1. The predicted molar refractivity (Wildman–Crippen MR) is 115 cm³/mol. The molecule has 28 heavy (non-hydrogen) atoms. The van der Waals surface area contributed by atoms with E-state index >= 15 is 0 Å². The molecule has 3 rings (SSSR count). The molecule has 2 N–H and O–H groups in total. The highest BCUT2D eigenvalue weighted by Gasteiger charge is 2.20. The molecule has 0 aliphatic carbocycles. The van der Waals surface area contributed by atoms with Crippen molar-refractivity contribution in [3.63, 3.8) is 0 Å². The zero-order valence-corrected chi connectivity index (χ0v) is 18.0. The Labute approximate surface area is 168 Å². The summed E-state index contributed by atoms with van der Waals surface area (Å²) in [7, 11) is 1.85. The molecule has 0 saturated carbocycles. The van der Waals surface area contributed by atoms with Crippen molar-refractivity contribution >= 4 is 33.1 Å². The Morgan fingerprint density at radius 2 is 1.96 bits per heavy atom. The number of aryl methyl sites for hydroxylation is 3. The molecule has 1 atom stereocenters. The van der Waals surface area contributed by atoms with Crippen LogP contribution in [0, 0.1) is 27.7 Å². The van der Waals surface area contributed by atoms with Crippen LogP contribution >= 0.6 is 11.3 Å². The van der Waals surface area contributed by atoms with Gasteiger partial charge in [-0.3, -0.25) is 14.5 Å². The molecule has 148 valence electrons. The highest BCUT2D eigenvalue weighted by Crippen LogP contribution is 2.27. The number of nitrogens with one attached hydrogen (secondary N) is 2. The molecule has 2 heterocycles. The molecular weight excluding hydrogens is 372 g/mol. The van der Waals surface area contributed by atoms with Gasteiger partial charge in [-0.15, -0.1) is 11.3 Å². The van der Waals surface area contributed by atoms with Crippen molar-refractivity contribution < 1.29 is 4.79 Å². The lowest BCUT2D eigenvalue weighted by molar-refractivity contribution is -0.117. The fraction of sp³-hybridized carbons (Fsp3) is 0.381. The minimum atomic E-state index is -0.204. The Balaban J connectivity index is 1.76. The number of hydrogen-bond acceptors (Lipinski definition) is 5. The van der Waals surface area contributed by atoms with E-state index in [-0.39, 0.29) is 24.1 Å². The van der Waals surface area contributed by atoms with Gasteiger partial charge in [0.1, 0.15) is 10.7 Å². The Morgan fingerprint density at radius 3 is 2.68 bits per heavy atom. The van der Waals surface area contributed by atoms with Gasteiger partial charge >= 0.3 is 0 Å². The number of H-pyrrole nitrogens is 1. The first-order valence-electron chi connectivity index (χ1n) is 9.25. The first-order valence-corrected chi connectivity index (χ1v) is 10.1. The van der Waals surface area contributed by atoms with Gasteiger partial charge in [-0.05, 0) is 64.4 Å². The molecule has 0 saturated heterocycles. The maximum absolute atomic E-state index is 12.5. The minimum Gasteiger partial charge on any atom is -0.325 e. The fourth-order valence-corrected chi connectivity index (χ4v) is 4.15. The number of rotatable bonds is 5. The van der Waals surface area contributed by atoms with Crippen LogP contribution in [-0.2, 0) is 4.79 Å². The number of benzene rings is 1. The Kier molecular flexibility index (Phi) is 5.67. The van der Waals surface area contributed by atoms with E-state index < -0.39 is 0 Å². The van der Waals surface area contributed by atoms with E-state index in [0.717, 1.165) is 32.1 Å². The van der Waals surface area contributed by atoms with Crippen molar-refractivity contribution in [3.05, 3.63) is 55.9 Å². The van der Waals surface area contributed by atoms with Gasteiger partial charge in [0, 0.05) is 10.6 Å². The molecule has 2 aromatic heterocycles.